The van der Waals surface area contributed by atoms with Crippen LogP contribution in [0.25, 0.3) is 21.3 Å². The van der Waals surface area contributed by atoms with Crippen LogP contribution >= 0.6 is 23.1 Å². The van der Waals surface area contributed by atoms with E-state index in [2.05, 4.69) is 16.0 Å². The highest BCUT2D eigenvalue weighted by molar-refractivity contribution is 8.00. The average Bonchev–Trinajstić information content (AvgIpc) is 3.09. The SMILES string of the molecule is Nc1cccc2oc(CSc3nc4ccccc4s3)nc12. The van der Waals surface area contributed by atoms with E-state index in [1.54, 1.807) is 23.1 Å². The van der Waals surface area contributed by atoms with Crippen molar-refractivity contribution in [3.05, 3.63) is 48.4 Å². The van der Waals surface area contributed by atoms with E-state index in [4.69, 9.17) is 10.2 Å². The zero-order valence-electron chi connectivity index (χ0n) is 10.9. The third-order valence-electron chi connectivity index (χ3n) is 3.09. The highest BCUT2D eigenvalue weighted by Crippen LogP contribution is 2.32. The number of thiazole rings is 1. The van der Waals surface area contributed by atoms with Crippen LogP contribution in [-0.4, -0.2) is 9.97 Å². The third kappa shape index (κ3) is 2.36. The first-order chi connectivity index (χ1) is 10.3. The fourth-order valence-corrected chi connectivity index (χ4v) is 4.03. The second kappa shape index (κ2) is 5.05. The van der Waals surface area contributed by atoms with E-state index in [9.17, 15) is 0 Å². The largest absolute Gasteiger partial charge is 0.440 e. The Labute approximate surface area is 129 Å². The lowest BCUT2D eigenvalue weighted by Crippen LogP contribution is -1.85. The number of nitrogen functional groups attached to an aromatic ring is 1. The molecule has 0 fully saturated rings. The van der Waals surface area contributed by atoms with Gasteiger partial charge < -0.3 is 10.2 Å². The summed E-state index contributed by atoms with van der Waals surface area (Å²) in [6.07, 6.45) is 0. The molecule has 0 amide bonds. The second-order valence-corrected chi connectivity index (χ2v) is 6.79. The van der Waals surface area contributed by atoms with E-state index >= 15 is 0 Å². The monoisotopic (exact) mass is 313 g/mol. The predicted octanol–water partition coefficient (Wildman–Crippen LogP) is 4.31. The molecule has 0 unspecified atom stereocenters. The van der Waals surface area contributed by atoms with Gasteiger partial charge in [0.05, 0.1) is 21.7 Å². The highest BCUT2D eigenvalue weighted by Gasteiger charge is 2.10. The molecule has 104 valence electrons. The number of benzene rings is 2. The maximum Gasteiger partial charge on any atom is 0.206 e. The maximum absolute atomic E-state index is 5.89. The summed E-state index contributed by atoms with van der Waals surface area (Å²) in [4.78, 5) is 9.03. The average molecular weight is 313 g/mol. The number of anilines is 1. The summed E-state index contributed by atoms with van der Waals surface area (Å²) in [5, 5.41) is 0. The van der Waals surface area contributed by atoms with Crippen molar-refractivity contribution in [1.82, 2.24) is 9.97 Å². The van der Waals surface area contributed by atoms with Gasteiger partial charge >= 0.3 is 0 Å². The molecule has 4 rings (SSSR count). The number of nitrogens with two attached hydrogens (primary N) is 1. The third-order valence-corrected chi connectivity index (χ3v) is 5.25. The number of hydrogen-bond acceptors (Lipinski definition) is 6. The van der Waals surface area contributed by atoms with Crippen LogP contribution in [0.15, 0.2) is 51.2 Å². The van der Waals surface area contributed by atoms with Crippen molar-refractivity contribution < 1.29 is 4.42 Å². The van der Waals surface area contributed by atoms with Gasteiger partial charge in [-0.25, -0.2) is 9.97 Å². The van der Waals surface area contributed by atoms with E-state index in [0.29, 0.717) is 17.3 Å². The van der Waals surface area contributed by atoms with Crippen LogP contribution in [0.4, 0.5) is 5.69 Å². The highest BCUT2D eigenvalue weighted by atomic mass is 32.2. The summed E-state index contributed by atoms with van der Waals surface area (Å²) in [6, 6.07) is 13.7. The molecule has 0 saturated heterocycles. The summed E-state index contributed by atoms with van der Waals surface area (Å²) >= 11 is 3.31. The summed E-state index contributed by atoms with van der Waals surface area (Å²) in [5.41, 5.74) is 9.03. The van der Waals surface area contributed by atoms with Crippen LogP contribution in [0.2, 0.25) is 0 Å². The Hall–Kier alpha value is -2.05. The fourth-order valence-electron chi connectivity index (χ4n) is 2.11. The molecule has 0 saturated carbocycles. The van der Waals surface area contributed by atoms with Gasteiger partial charge in [-0.2, -0.15) is 0 Å². The molecule has 2 aromatic carbocycles. The van der Waals surface area contributed by atoms with Gasteiger partial charge in [-0.1, -0.05) is 30.0 Å². The Morgan fingerprint density at radius 2 is 2.00 bits per heavy atom. The standard InChI is InChI=1S/C15H11N3OS2/c16-9-4-3-6-11-14(9)18-13(19-11)8-20-15-17-10-5-1-2-7-12(10)21-15/h1-7H,8,16H2. The van der Waals surface area contributed by atoms with E-state index in [1.807, 2.05) is 36.4 Å². The number of rotatable bonds is 3. The molecule has 21 heavy (non-hydrogen) atoms. The molecule has 0 aliphatic carbocycles. The molecule has 4 nitrogen and oxygen atoms in total. The normalized spacial score (nSPS) is 11.4. The molecule has 0 atom stereocenters. The van der Waals surface area contributed by atoms with Crippen molar-refractivity contribution in [2.45, 2.75) is 10.1 Å². The van der Waals surface area contributed by atoms with Gasteiger partial charge in [-0.3, -0.25) is 0 Å². The predicted molar refractivity (Wildman–Crippen MR) is 87.6 cm³/mol. The maximum atomic E-state index is 5.89. The number of oxazole rings is 1. The molecule has 0 spiro atoms. The zero-order valence-corrected chi connectivity index (χ0v) is 12.6. The molecular weight excluding hydrogens is 302 g/mol. The molecule has 2 aromatic heterocycles. The molecular formula is C15H11N3OS2. The molecule has 0 bridgehead atoms. The van der Waals surface area contributed by atoms with Gasteiger partial charge in [0, 0.05) is 0 Å². The lowest BCUT2D eigenvalue weighted by Gasteiger charge is -1.91. The van der Waals surface area contributed by atoms with Crippen molar-refractivity contribution in [1.29, 1.82) is 0 Å². The molecule has 6 heteroatoms. The molecule has 0 radical (unpaired) electrons. The second-order valence-electron chi connectivity index (χ2n) is 4.54. The van der Waals surface area contributed by atoms with Crippen molar-refractivity contribution in [2.75, 3.05) is 5.73 Å². The minimum Gasteiger partial charge on any atom is -0.440 e. The first kappa shape index (κ1) is 12.7. The van der Waals surface area contributed by atoms with Crippen molar-refractivity contribution in [2.24, 2.45) is 0 Å². The molecule has 2 N–H and O–H groups in total. The first-order valence-electron chi connectivity index (χ1n) is 6.42. The van der Waals surface area contributed by atoms with Crippen LogP contribution in [0, 0.1) is 0 Å². The van der Waals surface area contributed by atoms with Crippen molar-refractivity contribution >= 4 is 50.1 Å². The fraction of sp³-hybridized carbons (Fsp3) is 0.0667. The summed E-state index contributed by atoms with van der Waals surface area (Å²) < 4.78 is 7.93. The van der Waals surface area contributed by atoms with Gasteiger partial charge in [0.2, 0.25) is 5.89 Å². The number of para-hydroxylation sites is 2. The van der Waals surface area contributed by atoms with E-state index < -0.39 is 0 Å². The Balaban J connectivity index is 1.58. The lowest BCUT2D eigenvalue weighted by atomic mass is 10.3. The number of thioether (sulfide) groups is 1. The van der Waals surface area contributed by atoms with Crippen molar-refractivity contribution in [3.63, 3.8) is 0 Å². The number of fused-ring (bicyclic) bond motifs is 2. The lowest BCUT2D eigenvalue weighted by molar-refractivity contribution is 0.556. The van der Waals surface area contributed by atoms with Crippen LogP contribution < -0.4 is 5.73 Å². The van der Waals surface area contributed by atoms with Gasteiger partial charge in [0.1, 0.15) is 5.52 Å². The number of aromatic nitrogens is 2. The zero-order chi connectivity index (χ0) is 14.2. The smallest absolute Gasteiger partial charge is 0.206 e. The molecule has 4 aromatic rings. The Morgan fingerprint density at radius 1 is 1.10 bits per heavy atom. The van der Waals surface area contributed by atoms with Gasteiger partial charge in [-0.15, -0.1) is 11.3 Å². The van der Waals surface area contributed by atoms with Crippen LogP contribution in [0.5, 0.6) is 0 Å². The quantitative estimate of drug-likeness (QED) is 0.451. The van der Waals surface area contributed by atoms with Crippen LogP contribution in [0.3, 0.4) is 0 Å². The van der Waals surface area contributed by atoms with Crippen LogP contribution in [0.1, 0.15) is 5.89 Å². The van der Waals surface area contributed by atoms with Gasteiger partial charge in [0.15, 0.2) is 9.92 Å². The minimum absolute atomic E-state index is 0.646. The van der Waals surface area contributed by atoms with Gasteiger partial charge in [0.25, 0.3) is 0 Å². The Morgan fingerprint density at radius 3 is 2.86 bits per heavy atom. The molecule has 0 aliphatic rings. The molecule has 2 heterocycles. The van der Waals surface area contributed by atoms with E-state index in [-0.39, 0.29) is 0 Å². The number of nitrogens with zero attached hydrogens (tertiary/aromatic N) is 2. The van der Waals surface area contributed by atoms with Crippen LogP contribution in [-0.2, 0) is 5.75 Å². The summed E-state index contributed by atoms with van der Waals surface area (Å²) in [5.74, 6) is 1.32. The Bertz CT molecular complexity index is 896. The summed E-state index contributed by atoms with van der Waals surface area (Å²) in [7, 11) is 0. The summed E-state index contributed by atoms with van der Waals surface area (Å²) in [6.45, 7) is 0. The first-order valence-corrected chi connectivity index (χ1v) is 8.22. The van der Waals surface area contributed by atoms with Gasteiger partial charge in [-0.05, 0) is 24.3 Å². The minimum atomic E-state index is 0.646. The molecule has 0 aliphatic heterocycles. The Kier molecular flexibility index (Phi) is 3.05. The van der Waals surface area contributed by atoms with E-state index in [0.717, 1.165) is 21.0 Å². The topological polar surface area (TPSA) is 64.9 Å². The number of hydrogen-bond donors (Lipinski definition) is 1. The van der Waals surface area contributed by atoms with E-state index in [1.165, 1.54) is 4.70 Å². The van der Waals surface area contributed by atoms with Crippen molar-refractivity contribution in [3.8, 4) is 0 Å².